The second-order valence-corrected chi connectivity index (χ2v) is 10.7. The van der Waals surface area contributed by atoms with E-state index in [1.165, 1.54) is 0 Å². The predicted molar refractivity (Wildman–Crippen MR) is 131 cm³/mol. The Morgan fingerprint density at radius 3 is 2.45 bits per heavy atom. The molecule has 3 aromatic carbocycles. The fraction of sp³-hybridized carbons (Fsp3) is 0.379. The lowest BCUT2D eigenvalue weighted by atomic mass is 9.63. The second-order valence-electron chi connectivity index (χ2n) is 10.7. The molecule has 3 aromatic rings. The number of fused-ring (bicyclic) bond motifs is 2. The van der Waals surface area contributed by atoms with Gasteiger partial charge in [0.25, 0.3) is 5.91 Å². The Balaban J connectivity index is 1.57. The van der Waals surface area contributed by atoms with Crippen LogP contribution in [0.2, 0.25) is 0 Å². The van der Waals surface area contributed by atoms with Gasteiger partial charge in [-0.15, -0.1) is 0 Å². The molecular weight excluding hydrogens is 410 g/mol. The van der Waals surface area contributed by atoms with Gasteiger partial charge >= 0.3 is 0 Å². The first-order chi connectivity index (χ1) is 15.7. The normalized spacial score (nSPS) is 25.5. The average molecular weight is 442 g/mol. The summed E-state index contributed by atoms with van der Waals surface area (Å²) in [4.78, 5) is 28.7. The molecule has 0 unspecified atom stereocenters. The van der Waals surface area contributed by atoms with Crippen LogP contribution in [0, 0.1) is 17.3 Å². The van der Waals surface area contributed by atoms with Gasteiger partial charge in [0.1, 0.15) is 5.78 Å². The number of hydrogen-bond acceptors (Lipinski definition) is 3. The van der Waals surface area contributed by atoms with Crippen LogP contribution >= 0.6 is 0 Å². The summed E-state index contributed by atoms with van der Waals surface area (Å²) in [7, 11) is 0. The van der Waals surface area contributed by atoms with Gasteiger partial charge in [-0.1, -0.05) is 81.4 Å². The Hall–Kier alpha value is -2.98. The zero-order chi connectivity index (χ0) is 23.4. The molecule has 1 heterocycles. The van der Waals surface area contributed by atoms with Crippen LogP contribution < -0.4 is 4.90 Å². The summed E-state index contributed by atoms with van der Waals surface area (Å²) in [5.74, 6) is -0.837. The van der Waals surface area contributed by atoms with E-state index in [0.29, 0.717) is 30.6 Å². The molecule has 0 saturated heterocycles. The molecule has 2 aliphatic rings. The molecule has 1 N–H and O–H groups in total. The van der Waals surface area contributed by atoms with E-state index in [1.807, 2.05) is 48.5 Å². The molecule has 3 atom stereocenters. The van der Waals surface area contributed by atoms with E-state index in [2.05, 4.69) is 39.0 Å². The van der Waals surface area contributed by atoms with Crippen LogP contribution in [0.5, 0.6) is 0 Å². The topological polar surface area (TPSA) is 57.6 Å². The molecular formula is C29H31NO3. The van der Waals surface area contributed by atoms with Crippen LogP contribution in [0.4, 0.5) is 5.69 Å². The maximum atomic E-state index is 13.9. The SMILES string of the molecule is CC(C)(C)[C@@H]1CCC(=O)[C@@H]([C@@]2(O)C(=O)N(Cc3cccc4ccccc34)c3ccccc32)C1. The molecule has 0 aromatic heterocycles. The number of Topliss-reactive ketones (excluding diaryl/α,β-unsaturated/α-hetero) is 1. The first kappa shape index (κ1) is 21.8. The number of aliphatic hydroxyl groups is 1. The van der Waals surface area contributed by atoms with Crippen molar-refractivity contribution in [2.24, 2.45) is 17.3 Å². The highest BCUT2D eigenvalue weighted by Crippen LogP contribution is 2.51. The summed E-state index contributed by atoms with van der Waals surface area (Å²) in [5.41, 5.74) is 0.469. The highest BCUT2D eigenvalue weighted by atomic mass is 16.3. The molecule has 1 fully saturated rings. The van der Waals surface area contributed by atoms with Crippen molar-refractivity contribution >= 4 is 28.2 Å². The molecule has 1 saturated carbocycles. The minimum Gasteiger partial charge on any atom is -0.375 e. The smallest absolute Gasteiger partial charge is 0.264 e. The third kappa shape index (κ3) is 3.48. The minimum absolute atomic E-state index is 0.00633. The highest BCUT2D eigenvalue weighted by Gasteiger charge is 2.58. The standard InChI is InChI=1S/C29H31NO3/c1-28(2,3)21-15-16-26(31)24(17-21)29(33)23-13-6-7-14-25(23)30(27(29)32)18-20-11-8-10-19-9-4-5-12-22(19)20/h4-14,21,24,33H,15-18H2,1-3H3/t21-,24+,29-/m1/s1. The number of rotatable bonds is 3. The van der Waals surface area contributed by atoms with E-state index >= 15 is 0 Å². The van der Waals surface area contributed by atoms with Crippen molar-refractivity contribution < 1.29 is 14.7 Å². The third-order valence-corrected chi connectivity index (χ3v) is 7.76. The third-order valence-electron chi connectivity index (χ3n) is 7.76. The maximum Gasteiger partial charge on any atom is 0.264 e. The van der Waals surface area contributed by atoms with E-state index in [0.717, 1.165) is 22.8 Å². The molecule has 1 aliphatic carbocycles. The van der Waals surface area contributed by atoms with E-state index in [4.69, 9.17) is 0 Å². The monoisotopic (exact) mass is 441 g/mol. The molecule has 33 heavy (non-hydrogen) atoms. The number of amides is 1. The fourth-order valence-corrected chi connectivity index (χ4v) is 5.77. The van der Waals surface area contributed by atoms with Gasteiger partial charge < -0.3 is 10.0 Å². The van der Waals surface area contributed by atoms with Crippen molar-refractivity contribution in [3.8, 4) is 0 Å². The molecule has 1 aliphatic heterocycles. The zero-order valence-corrected chi connectivity index (χ0v) is 19.5. The second kappa shape index (κ2) is 7.81. The summed E-state index contributed by atoms with van der Waals surface area (Å²) in [6.45, 7) is 6.87. The molecule has 0 bridgehead atoms. The Bertz CT molecular complexity index is 1240. The predicted octanol–water partition coefficient (Wildman–Crippen LogP) is 5.61. The zero-order valence-electron chi connectivity index (χ0n) is 19.5. The first-order valence-corrected chi connectivity index (χ1v) is 11.8. The number of nitrogens with zero attached hydrogens (tertiary/aromatic N) is 1. The summed E-state index contributed by atoms with van der Waals surface area (Å²) < 4.78 is 0. The van der Waals surface area contributed by atoms with Gasteiger partial charge in [-0.05, 0) is 46.6 Å². The quantitative estimate of drug-likeness (QED) is 0.575. The molecule has 1 amide bonds. The molecule has 5 rings (SSSR count). The maximum absolute atomic E-state index is 13.9. The van der Waals surface area contributed by atoms with Crippen LogP contribution in [0.25, 0.3) is 10.8 Å². The van der Waals surface area contributed by atoms with Gasteiger partial charge in [-0.2, -0.15) is 0 Å². The number of carbonyl (C=O) groups excluding carboxylic acids is 2. The van der Waals surface area contributed by atoms with Crippen LogP contribution in [-0.2, 0) is 21.7 Å². The van der Waals surface area contributed by atoms with Gasteiger partial charge in [-0.25, -0.2) is 0 Å². The van der Waals surface area contributed by atoms with Crippen molar-refractivity contribution in [1.29, 1.82) is 0 Å². The van der Waals surface area contributed by atoms with Gasteiger partial charge in [0.15, 0.2) is 5.60 Å². The molecule has 170 valence electrons. The lowest BCUT2D eigenvalue weighted by Gasteiger charge is -2.41. The first-order valence-electron chi connectivity index (χ1n) is 11.8. The Labute approximate surface area is 195 Å². The van der Waals surface area contributed by atoms with Crippen molar-refractivity contribution in [2.75, 3.05) is 4.90 Å². The van der Waals surface area contributed by atoms with Gasteiger partial charge in [0.2, 0.25) is 0 Å². The van der Waals surface area contributed by atoms with Crippen LogP contribution in [0.3, 0.4) is 0 Å². The van der Waals surface area contributed by atoms with Crippen LogP contribution in [0.15, 0.2) is 66.7 Å². The highest BCUT2D eigenvalue weighted by molar-refractivity contribution is 6.09. The number of anilines is 1. The average Bonchev–Trinajstić information content (AvgIpc) is 3.01. The van der Waals surface area contributed by atoms with E-state index in [-0.39, 0.29) is 23.0 Å². The van der Waals surface area contributed by atoms with Crippen molar-refractivity contribution in [2.45, 2.75) is 52.2 Å². The number of carbonyl (C=O) groups is 2. The van der Waals surface area contributed by atoms with Crippen LogP contribution in [0.1, 0.15) is 51.2 Å². The van der Waals surface area contributed by atoms with Crippen molar-refractivity contribution in [3.63, 3.8) is 0 Å². The molecule has 4 heteroatoms. The number of para-hydroxylation sites is 1. The summed E-state index contributed by atoms with van der Waals surface area (Å²) >= 11 is 0. The van der Waals surface area contributed by atoms with Crippen molar-refractivity contribution in [3.05, 3.63) is 77.9 Å². The van der Waals surface area contributed by atoms with Crippen LogP contribution in [-0.4, -0.2) is 16.8 Å². The summed E-state index contributed by atoms with van der Waals surface area (Å²) in [5, 5.41) is 14.2. The van der Waals surface area contributed by atoms with Gasteiger partial charge in [-0.3, -0.25) is 9.59 Å². The number of benzene rings is 3. The Morgan fingerprint density at radius 1 is 0.970 bits per heavy atom. The lowest BCUT2D eigenvalue weighted by Crippen LogP contribution is -2.51. The van der Waals surface area contributed by atoms with Gasteiger partial charge in [0.05, 0.1) is 18.2 Å². The summed E-state index contributed by atoms with van der Waals surface area (Å²) in [6.07, 6.45) is 1.75. The molecule has 4 nitrogen and oxygen atoms in total. The van der Waals surface area contributed by atoms with Gasteiger partial charge in [0, 0.05) is 12.0 Å². The van der Waals surface area contributed by atoms with E-state index < -0.39 is 11.5 Å². The summed E-state index contributed by atoms with van der Waals surface area (Å²) in [6, 6.07) is 21.6. The largest absolute Gasteiger partial charge is 0.375 e. The lowest BCUT2D eigenvalue weighted by molar-refractivity contribution is -0.154. The fourth-order valence-electron chi connectivity index (χ4n) is 5.77. The number of ketones is 1. The number of hydrogen-bond donors (Lipinski definition) is 1. The minimum atomic E-state index is -1.82. The molecule has 0 radical (unpaired) electrons. The van der Waals surface area contributed by atoms with E-state index in [1.54, 1.807) is 4.90 Å². The Kier molecular flexibility index (Phi) is 5.17. The van der Waals surface area contributed by atoms with E-state index in [9.17, 15) is 14.7 Å². The molecule has 0 spiro atoms. The Morgan fingerprint density at radius 2 is 1.67 bits per heavy atom. The van der Waals surface area contributed by atoms with Crippen molar-refractivity contribution in [1.82, 2.24) is 0 Å².